The van der Waals surface area contributed by atoms with Crippen molar-refractivity contribution >= 4 is 33.4 Å². The van der Waals surface area contributed by atoms with E-state index in [1.165, 1.54) is 0 Å². The van der Waals surface area contributed by atoms with Gasteiger partial charge in [-0.25, -0.2) is 0 Å². The number of hydrogen-bond acceptors (Lipinski definition) is 4. The van der Waals surface area contributed by atoms with Gasteiger partial charge >= 0.3 is 0 Å². The van der Waals surface area contributed by atoms with Crippen LogP contribution in [0.25, 0.3) is 21.8 Å². The average Bonchev–Trinajstić information content (AvgIpc) is 3.00. The highest BCUT2D eigenvalue weighted by molar-refractivity contribution is 6.08. The fraction of sp³-hybridized carbons (Fsp3) is 0.286. The number of nitrogens with two attached hydrogens (primary N) is 1. The molecular weight excluding hydrogens is 256 g/mol. The molecule has 0 aliphatic carbocycles. The highest BCUT2D eigenvalue weighted by atomic mass is 16.3. The normalized spacial score (nSPS) is 11.5. The number of rotatable bonds is 5. The maximum atomic E-state index is 9.12. The molecule has 0 radical (unpaired) electrons. The lowest BCUT2D eigenvalue weighted by Crippen LogP contribution is -2.29. The quantitative estimate of drug-likeness (QED) is 0.479. The summed E-state index contributed by atoms with van der Waals surface area (Å²) in [6.45, 7) is 1.04. The van der Waals surface area contributed by atoms with Crippen LogP contribution in [0.5, 0.6) is 0 Å². The van der Waals surface area contributed by atoms with Crippen molar-refractivity contribution in [3.63, 3.8) is 0 Å². The zero-order chi connectivity index (χ0) is 14.1. The minimum atomic E-state index is 0.0435. The summed E-state index contributed by atoms with van der Waals surface area (Å²) >= 11 is 0. The van der Waals surface area contributed by atoms with E-state index in [1.54, 1.807) is 0 Å². The van der Waals surface area contributed by atoms with Crippen LogP contribution in [0.1, 0.15) is 0 Å². The molecule has 6 nitrogen and oxygen atoms in total. The van der Waals surface area contributed by atoms with Crippen LogP contribution in [0.2, 0.25) is 0 Å². The number of anilines is 2. The summed E-state index contributed by atoms with van der Waals surface area (Å²) in [6.07, 6.45) is 0. The molecule has 0 spiro atoms. The fourth-order valence-corrected chi connectivity index (χ4v) is 2.59. The van der Waals surface area contributed by atoms with Gasteiger partial charge in [0, 0.05) is 34.9 Å². The Morgan fingerprint density at radius 1 is 0.950 bits per heavy atom. The third kappa shape index (κ3) is 2.09. The summed E-state index contributed by atoms with van der Waals surface area (Å²) in [6, 6.07) is 7.91. The first kappa shape index (κ1) is 12.8. The minimum Gasteiger partial charge on any atom is -0.395 e. The Labute approximate surface area is 115 Å². The fourth-order valence-electron chi connectivity index (χ4n) is 2.59. The van der Waals surface area contributed by atoms with Gasteiger partial charge in [0.1, 0.15) is 11.6 Å². The molecular formula is C14H18N4O2. The van der Waals surface area contributed by atoms with Crippen molar-refractivity contribution in [3.8, 4) is 0 Å². The lowest BCUT2D eigenvalue weighted by atomic mass is 10.2. The number of aliphatic hydroxyl groups excluding tert-OH is 2. The van der Waals surface area contributed by atoms with E-state index >= 15 is 0 Å². The molecule has 2 heterocycles. The van der Waals surface area contributed by atoms with Gasteiger partial charge in [-0.15, -0.1) is 0 Å². The van der Waals surface area contributed by atoms with Crippen molar-refractivity contribution < 1.29 is 10.2 Å². The average molecular weight is 274 g/mol. The topological polar surface area (TPSA) is 101 Å². The molecule has 0 aliphatic heterocycles. The standard InChI is InChI=1S/C14H18N4O2/c15-13-7-9-10-8-14(18(3-5-19)4-6-20)17-12(10)2-1-11(9)16-13/h1-2,7-8,16-17,19-20H,3-6,15H2. The zero-order valence-electron chi connectivity index (χ0n) is 11.1. The highest BCUT2D eigenvalue weighted by Crippen LogP contribution is 2.30. The van der Waals surface area contributed by atoms with Crippen molar-refractivity contribution in [3.05, 3.63) is 24.3 Å². The third-order valence-corrected chi connectivity index (χ3v) is 3.49. The van der Waals surface area contributed by atoms with Gasteiger partial charge in [0.25, 0.3) is 0 Å². The van der Waals surface area contributed by atoms with Gasteiger partial charge in [0.05, 0.1) is 13.2 Å². The Bertz CT molecular complexity index is 725. The number of aromatic amines is 2. The van der Waals surface area contributed by atoms with Gasteiger partial charge in [0.2, 0.25) is 0 Å². The number of nitrogens with zero attached hydrogens (tertiary/aromatic N) is 1. The summed E-state index contributed by atoms with van der Waals surface area (Å²) in [7, 11) is 0. The second-order valence-electron chi connectivity index (χ2n) is 4.80. The number of fused-ring (bicyclic) bond motifs is 3. The Hall–Kier alpha value is -2.18. The zero-order valence-corrected chi connectivity index (χ0v) is 11.1. The van der Waals surface area contributed by atoms with Gasteiger partial charge in [-0.3, -0.25) is 0 Å². The van der Waals surface area contributed by atoms with E-state index in [1.807, 2.05) is 29.2 Å². The molecule has 0 saturated carbocycles. The summed E-state index contributed by atoms with van der Waals surface area (Å²) in [5.41, 5.74) is 7.80. The molecule has 0 amide bonds. The molecule has 3 rings (SSSR count). The van der Waals surface area contributed by atoms with E-state index in [0.717, 1.165) is 27.6 Å². The Morgan fingerprint density at radius 3 is 2.20 bits per heavy atom. The van der Waals surface area contributed by atoms with E-state index in [9.17, 15) is 0 Å². The number of hydrogen-bond donors (Lipinski definition) is 5. The summed E-state index contributed by atoms with van der Waals surface area (Å²) < 4.78 is 0. The maximum absolute atomic E-state index is 9.12. The van der Waals surface area contributed by atoms with Crippen molar-refractivity contribution in [2.75, 3.05) is 36.9 Å². The van der Waals surface area contributed by atoms with E-state index in [4.69, 9.17) is 15.9 Å². The van der Waals surface area contributed by atoms with Crippen molar-refractivity contribution in [1.29, 1.82) is 0 Å². The third-order valence-electron chi connectivity index (χ3n) is 3.49. The molecule has 1 aromatic carbocycles. The van der Waals surface area contributed by atoms with Crippen molar-refractivity contribution in [2.24, 2.45) is 0 Å². The summed E-state index contributed by atoms with van der Waals surface area (Å²) in [5.74, 6) is 1.52. The van der Waals surface area contributed by atoms with E-state index < -0.39 is 0 Å². The lowest BCUT2D eigenvalue weighted by Gasteiger charge is -2.20. The van der Waals surface area contributed by atoms with Gasteiger partial charge < -0.3 is 30.8 Å². The van der Waals surface area contributed by atoms with Crippen LogP contribution in [-0.4, -0.2) is 46.5 Å². The Kier molecular flexibility index (Phi) is 3.25. The van der Waals surface area contributed by atoms with Crippen LogP contribution < -0.4 is 10.6 Å². The molecule has 3 aromatic rings. The second kappa shape index (κ2) is 5.07. The van der Waals surface area contributed by atoms with Crippen molar-refractivity contribution in [2.45, 2.75) is 0 Å². The van der Waals surface area contributed by atoms with Gasteiger partial charge in [0.15, 0.2) is 0 Å². The molecule has 2 aromatic heterocycles. The first-order chi connectivity index (χ1) is 9.72. The first-order valence-corrected chi connectivity index (χ1v) is 6.59. The van der Waals surface area contributed by atoms with Crippen molar-refractivity contribution in [1.82, 2.24) is 9.97 Å². The van der Waals surface area contributed by atoms with Crippen LogP contribution in [0.15, 0.2) is 24.3 Å². The van der Waals surface area contributed by atoms with E-state index in [2.05, 4.69) is 9.97 Å². The van der Waals surface area contributed by atoms with Gasteiger partial charge in [-0.1, -0.05) is 0 Å². The smallest absolute Gasteiger partial charge is 0.107 e. The van der Waals surface area contributed by atoms with Crippen LogP contribution in [0, 0.1) is 0 Å². The predicted octanol–water partition coefficient (Wildman–Crippen LogP) is 1.02. The molecule has 106 valence electrons. The van der Waals surface area contributed by atoms with Crippen LogP contribution in [0.4, 0.5) is 11.6 Å². The molecule has 0 unspecified atom stereocenters. The Balaban J connectivity index is 2.11. The molecule has 0 aliphatic rings. The van der Waals surface area contributed by atoms with Crippen LogP contribution >= 0.6 is 0 Å². The van der Waals surface area contributed by atoms with Crippen LogP contribution in [-0.2, 0) is 0 Å². The largest absolute Gasteiger partial charge is 0.395 e. The summed E-state index contributed by atoms with van der Waals surface area (Å²) in [5, 5.41) is 20.4. The number of aliphatic hydroxyl groups is 2. The molecule has 0 bridgehead atoms. The number of benzene rings is 1. The van der Waals surface area contributed by atoms with E-state index in [0.29, 0.717) is 18.9 Å². The lowest BCUT2D eigenvalue weighted by molar-refractivity contribution is 0.281. The number of nitrogens with one attached hydrogen (secondary N) is 2. The predicted molar refractivity (Wildman–Crippen MR) is 81.0 cm³/mol. The number of nitrogen functional groups attached to an aromatic ring is 1. The maximum Gasteiger partial charge on any atom is 0.107 e. The molecule has 6 N–H and O–H groups in total. The van der Waals surface area contributed by atoms with E-state index in [-0.39, 0.29) is 13.2 Å². The van der Waals surface area contributed by atoms with Gasteiger partial charge in [-0.2, -0.15) is 0 Å². The highest BCUT2D eigenvalue weighted by Gasteiger charge is 2.11. The number of aromatic nitrogens is 2. The molecule has 0 fully saturated rings. The monoisotopic (exact) mass is 274 g/mol. The molecule has 20 heavy (non-hydrogen) atoms. The second-order valence-corrected chi connectivity index (χ2v) is 4.80. The molecule has 0 saturated heterocycles. The SMILES string of the molecule is Nc1cc2c(ccc3[nH]c(N(CCO)CCO)cc32)[nH]1. The molecule has 6 heteroatoms. The summed E-state index contributed by atoms with van der Waals surface area (Å²) in [4.78, 5) is 8.34. The van der Waals surface area contributed by atoms with Crippen LogP contribution in [0.3, 0.4) is 0 Å². The minimum absolute atomic E-state index is 0.0435. The molecule has 0 atom stereocenters. The Morgan fingerprint density at radius 2 is 1.55 bits per heavy atom. The van der Waals surface area contributed by atoms with Gasteiger partial charge in [-0.05, 0) is 24.3 Å². The number of H-pyrrole nitrogens is 2. The first-order valence-electron chi connectivity index (χ1n) is 6.59.